The summed E-state index contributed by atoms with van der Waals surface area (Å²) in [6.07, 6.45) is 0.729. The van der Waals surface area contributed by atoms with Gasteiger partial charge in [0.05, 0.1) is 4.90 Å². The second kappa shape index (κ2) is 9.35. The third kappa shape index (κ3) is 5.86. The molecule has 6 nitrogen and oxygen atoms in total. The van der Waals surface area contributed by atoms with Gasteiger partial charge in [0, 0.05) is 31.0 Å². The van der Waals surface area contributed by atoms with Gasteiger partial charge < -0.3 is 10.1 Å². The van der Waals surface area contributed by atoms with Crippen LogP contribution in [0.3, 0.4) is 0 Å². The summed E-state index contributed by atoms with van der Waals surface area (Å²) >= 11 is 0. The van der Waals surface area contributed by atoms with E-state index in [2.05, 4.69) is 10.0 Å². The molecule has 26 heavy (non-hydrogen) atoms. The number of ether oxygens (including phenoxy) is 1. The lowest BCUT2D eigenvalue weighted by Gasteiger charge is -2.09. The molecule has 0 atom stereocenters. The minimum Gasteiger partial charge on any atom is -0.382 e. The van der Waals surface area contributed by atoms with Crippen LogP contribution in [0, 0.1) is 6.92 Å². The highest BCUT2D eigenvalue weighted by atomic mass is 32.2. The van der Waals surface area contributed by atoms with Crippen molar-refractivity contribution >= 4 is 21.6 Å². The molecule has 0 aliphatic heterocycles. The normalized spacial score (nSPS) is 11.2. The SMILES string of the molecule is CCOCCCNC(=O)c1ccc(S(=O)(=O)Nc2ccc(C)cc2)cc1. The van der Waals surface area contributed by atoms with Gasteiger partial charge in [0.1, 0.15) is 0 Å². The first kappa shape index (κ1) is 19.9. The van der Waals surface area contributed by atoms with Crippen LogP contribution < -0.4 is 10.0 Å². The second-order valence-corrected chi connectivity index (χ2v) is 7.48. The Balaban J connectivity index is 1.96. The Morgan fingerprint density at radius 3 is 2.31 bits per heavy atom. The van der Waals surface area contributed by atoms with Gasteiger partial charge >= 0.3 is 0 Å². The smallest absolute Gasteiger partial charge is 0.261 e. The number of sulfonamides is 1. The molecule has 2 aromatic carbocycles. The molecule has 0 heterocycles. The Labute approximate surface area is 154 Å². The van der Waals surface area contributed by atoms with Crippen molar-refractivity contribution in [2.24, 2.45) is 0 Å². The summed E-state index contributed by atoms with van der Waals surface area (Å²) in [7, 11) is -3.69. The van der Waals surface area contributed by atoms with E-state index in [1.54, 1.807) is 12.1 Å². The number of hydrogen-bond donors (Lipinski definition) is 2. The van der Waals surface area contributed by atoms with Crippen molar-refractivity contribution in [2.75, 3.05) is 24.5 Å². The molecule has 0 spiro atoms. The van der Waals surface area contributed by atoms with Crippen LogP contribution in [0.4, 0.5) is 5.69 Å². The van der Waals surface area contributed by atoms with Crippen LogP contribution in [0.2, 0.25) is 0 Å². The second-order valence-electron chi connectivity index (χ2n) is 5.80. The summed E-state index contributed by atoms with van der Waals surface area (Å²) in [4.78, 5) is 12.1. The van der Waals surface area contributed by atoms with Crippen molar-refractivity contribution in [3.05, 3.63) is 59.7 Å². The standard InChI is InChI=1S/C19H24N2O4S/c1-3-25-14-4-13-20-19(22)16-7-11-18(12-8-16)26(23,24)21-17-9-5-15(2)6-10-17/h5-12,21H,3-4,13-14H2,1-2H3,(H,20,22). The number of rotatable bonds is 9. The van der Waals surface area contributed by atoms with Gasteiger partial charge in [0.25, 0.3) is 15.9 Å². The van der Waals surface area contributed by atoms with Crippen LogP contribution in [0.15, 0.2) is 53.4 Å². The van der Waals surface area contributed by atoms with E-state index in [4.69, 9.17) is 4.74 Å². The molecule has 0 saturated heterocycles. The first-order chi connectivity index (χ1) is 12.4. The Bertz CT molecular complexity index is 816. The summed E-state index contributed by atoms with van der Waals surface area (Å²) in [6, 6.07) is 12.9. The van der Waals surface area contributed by atoms with Crippen molar-refractivity contribution in [1.82, 2.24) is 5.32 Å². The maximum atomic E-state index is 12.4. The Morgan fingerprint density at radius 1 is 1.04 bits per heavy atom. The van der Waals surface area contributed by atoms with E-state index in [9.17, 15) is 13.2 Å². The number of aryl methyl sites for hydroxylation is 1. The molecule has 0 aromatic heterocycles. The highest BCUT2D eigenvalue weighted by molar-refractivity contribution is 7.92. The van der Waals surface area contributed by atoms with Crippen molar-refractivity contribution in [3.8, 4) is 0 Å². The van der Waals surface area contributed by atoms with E-state index < -0.39 is 10.0 Å². The molecule has 0 unspecified atom stereocenters. The number of anilines is 1. The maximum absolute atomic E-state index is 12.4. The molecule has 0 aliphatic carbocycles. The van der Waals surface area contributed by atoms with Crippen LogP contribution in [0.1, 0.15) is 29.3 Å². The van der Waals surface area contributed by atoms with Crippen LogP contribution in [-0.2, 0) is 14.8 Å². The van der Waals surface area contributed by atoms with Gasteiger partial charge in [-0.05, 0) is 56.7 Å². The summed E-state index contributed by atoms with van der Waals surface area (Å²) in [5.74, 6) is -0.239. The minimum atomic E-state index is -3.69. The molecule has 0 aliphatic rings. The monoisotopic (exact) mass is 376 g/mol. The summed E-state index contributed by atoms with van der Waals surface area (Å²) in [5, 5.41) is 2.78. The number of nitrogens with one attached hydrogen (secondary N) is 2. The molecule has 140 valence electrons. The first-order valence-corrected chi connectivity index (χ1v) is 9.96. The lowest BCUT2D eigenvalue weighted by molar-refractivity contribution is 0.0944. The zero-order valence-corrected chi connectivity index (χ0v) is 15.8. The lowest BCUT2D eigenvalue weighted by Crippen LogP contribution is -2.25. The van der Waals surface area contributed by atoms with Crippen molar-refractivity contribution < 1.29 is 17.9 Å². The predicted molar refractivity (Wildman–Crippen MR) is 102 cm³/mol. The van der Waals surface area contributed by atoms with E-state index >= 15 is 0 Å². The number of carbonyl (C=O) groups excluding carboxylic acids is 1. The largest absolute Gasteiger partial charge is 0.382 e. The fraction of sp³-hybridized carbons (Fsp3) is 0.316. The molecule has 2 aromatic rings. The Morgan fingerprint density at radius 2 is 1.69 bits per heavy atom. The Kier molecular flexibility index (Phi) is 7.17. The van der Waals surface area contributed by atoms with Gasteiger partial charge in [0.2, 0.25) is 0 Å². The zero-order valence-electron chi connectivity index (χ0n) is 15.0. The molecule has 0 radical (unpaired) electrons. The van der Waals surface area contributed by atoms with Crippen molar-refractivity contribution in [1.29, 1.82) is 0 Å². The zero-order chi connectivity index (χ0) is 19.0. The van der Waals surface area contributed by atoms with Gasteiger partial charge in [-0.1, -0.05) is 17.7 Å². The van der Waals surface area contributed by atoms with Crippen LogP contribution >= 0.6 is 0 Å². The molecule has 2 rings (SSSR count). The lowest BCUT2D eigenvalue weighted by atomic mass is 10.2. The first-order valence-electron chi connectivity index (χ1n) is 8.48. The van der Waals surface area contributed by atoms with E-state index in [0.29, 0.717) is 31.0 Å². The number of benzene rings is 2. The molecule has 7 heteroatoms. The van der Waals surface area contributed by atoms with Crippen LogP contribution in [0.25, 0.3) is 0 Å². The third-order valence-electron chi connectivity index (χ3n) is 3.69. The molecular weight excluding hydrogens is 352 g/mol. The van der Waals surface area contributed by atoms with Gasteiger partial charge in [0.15, 0.2) is 0 Å². The topological polar surface area (TPSA) is 84.5 Å². The van der Waals surface area contributed by atoms with Gasteiger partial charge in [-0.15, -0.1) is 0 Å². The Hall–Kier alpha value is -2.38. The fourth-order valence-corrected chi connectivity index (χ4v) is 3.30. The molecule has 1 amide bonds. The van der Waals surface area contributed by atoms with Crippen LogP contribution in [-0.4, -0.2) is 34.1 Å². The van der Waals surface area contributed by atoms with Crippen molar-refractivity contribution in [2.45, 2.75) is 25.2 Å². The number of amides is 1. The van der Waals surface area contributed by atoms with E-state index in [0.717, 1.165) is 12.0 Å². The quantitative estimate of drug-likeness (QED) is 0.659. The average molecular weight is 376 g/mol. The maximum Gasteiger partial charge on any atom is 0.261 e. The number of carbonyl (C=O) groups is 1. The minimum absolute atomic E-state index is 0.103. The highest BCUT2D eigenvalue weighted by Crippen LogP contribution is 2.17. The van der Waals surface area contributed by atoms with E-state index in [1.165, 1.54) is 24.3 Å². The van der Waals surface area contributed by atoms with E-state index in [1.807, 2.05) is 26.0 Å². The van der Waals surface area contributed by atoms with Gasteiger partial charge in [-0.3, -0.25) is 9.52 Å². The summed E-state index contributed by atoms with van der Waals surface area (Å²) in [5.41, 5.74) is 1.95. The van der Waals surface area contributed by atoms with Gasteiger partial charge in [-0.25, -0.2) is 8.42 Å². The molecule has 0 fully saturated rings. The highest BCUT2D eigenvalue weighted by Gasteiger charge is 2.15. The average Bonchev–Trinajstić information content (AvgIpc) is 2.63. The predicted octanol–water partition coefficient (Wildman–Crippen LogP) is 2.95. The summed E-state index contributed by atoms with van der Waals surface area (Å²) in [6.45, 7) is 5.60. The van der Waals surface area contributed by atoms with Gasteiger partial charge in [-0.2, -0.15) is 0 Å². The van der Waals surface area contributed by atoms with Crippen molar-refractivity contribution in [3.63, 3.8) is 0 Å². The fourth-order valence-electron chi connectivity index (χ4n) is 2.24. The molecule has 0 bridgehead atoms. The van der Waals surface area contributed by atoms with Crippen LogP contribution in [0.5, 0.6) is 0 Å². The molecular formula is C19H24N2O4S. The number of hydrogen-bond acceptors (Lipinski definition) is 4. The third-order valence-corrected chi connectivity index (χ3v) is 5.08. The molecule has 0 saturated carbocycles. The summed E-state index contributed by atoms with van der Waals surface area (Å²) < 4.78 is 32.6. The molecule has 2 N–H and O–H groups in total. The van der Waals surface area contributed by atoms with E-state index in [-0.39, 0.29) is 10.8 Å².